The van der Waals surface area contributed by atoms with E-state index in [9.17, 15) is 10.1 Å². The van der Waals surface area contributed by atoms with Gasteiger partial charge in [-0.2, -0.15) is 5.26 Å². The van der Waals surface area contributed by atoms with Crippen LogP contribution in [0.15, 0.2) is 35.3 Å². The second kappa shape index (κ2) is 14.7. The summed E-state index contributed by atoms with van der Waals surface area (Å²) in [4.78, 5) is 21.7. The van der Waals surface area contributed by atoms with Crippen LogP contribution < -0.4 is 20.1 Å². The summed E-state index contributed by atoms with van der Waals surface area (Å²) in [5, 5.41) is 17.0. The maximum atomic E-state index is 12.8. The molecule has 0 saturated carbocycles. The molecule has 4 unspecified atom stereocenters. The number of carbonyl (C=O) groups excluding carboxylic acids is 1. The minimum absolute atomic E-state index is 0.0883. The topological polar surface area (TPSA) is 102 Å². The van der Waals surface area contributed by atoms with E-state index in [1.165, 1.54) is 12.8 Å². The van der Waals surface area contributed by atoms with Crippen molar-refractivity contribution in [1.29, 1.82) is 5.26 Å². The molecule has 2 N–H and O–H groups in total. The fraction of sp³-hybridized carbons (Fsp3) is 0.531. The molecule has 2 aromatic rings. The summed E-state index contributed by atoms with van der Waals surface area (Å²) >= 11 is 6.67. The lowest BCUT2D eigenvalue weighted by Crippen LogP contribution is -2.45. The molecule has 0 radical (unpaired) electrons. The number of rotatable bonds is 12. The number of piperidine rings is 1. The highest BCUT2D eigenvalue weighted by Gasteiger charge is 2.30. The van der Waals surface area contributed by atoms with Gasteiger partial charge in [-0.3, -0.25) is 14.7 Å². The van der Waals surface area contributed by atoms with E-state index in [-0.39, 0.29) is 5.91 Å². The molecule has 0 bridgehead atoms. The number of likely N-dealkylation sites (tertiary alicyclic amines) is 1. The number of hydrogen-bond acceptors (Lipinski definition) is 8. The number of amides is 1. The number of nitrogens with one attached hydrogen (secondary N) is 2. The molecular formula is C32H43ClN6O3. The molecule has 0 aliphatic carbocycles. The molecule has 1 saturated heterocycles. The van der Waals surface area contributed by atoms with E-state index in [0.29, 0.717) is 59.5 Å². The van der Waals surface area contributed by atoms with Crippen molar-refractivity contribution in [3.05, 3.63) is 40.9 Å². The maximum Gasteiger partial charge on any atom is 0.224 e. The van der Waals surface area contributed by atoms with Crippen LogP contribution in [0.3, 0.4) is 0 Å². The van der Waals surface area contributed by atoms with Crippen molar-refractivity contribution in [2.24, 2.45) is 16.8 Å². The third-order valence-corrected chi connectivity index (χ3v) is 8.28. The SMILES string of the molecule is CCOc1cc2c(cc1NC(=O)CCCN(C)C)C(Nc1ccc(OCC3C(C)CCCN3C)c(Cl)c1)C(C#N)C=N2. The van der Waals surface area contributed by atoms with Crippen molar-refractivity contribution in [2.75, 3.05) is 58.1 Å². The maximum absolute atomic E-state index is 12.8. The second-order valence-corrected chi connectivity index (χ2v) is 11.9. The van der Waals surface area contributed by atoms with Gasteiger partial charge in [0, 0.05) is 36.0 Å². The number of aliphatic imine (C=N–C) groups is 1. The highest BCUT2D eigenvalue weighted by atomic mass is 35.5. The first-order valence-electron chi connectivity index (χ1n) is 14.8. The summed E-state index contributed by atoms with van der Waals surface area (Å²) in [7, 11) is 6.12. The molecule has 10 heteroatoms. The standard InChI is InChI=1S/C32H43ClN6O3/c1-6-41-30-17-26-24(16-27(30)37-31(40)10-8-13-38(3)4)32(22(18-34)19-35-26)36-23-11-12-29(25(33)15-23)42-20-28-21(2)9-7-14-39(28)5/h11-12,15-17,19,21-22,28,32,36H,6-10,13-14,20H2,1-5H3,(H,37,40). The number of nitrogens with zero attached hydrogens (tertiary/aromatic N) is 4. The van der Waals surface area contributed by atoms with Crippen LogP contribution in [0.2, 0.25) is 5.02 Å². The van der Waals surface area contributed by atoms with Gasteiger partial charge in [-0.05, 0) is 90.6 Å². The summed E-state index contributed by atoms with van der Waals surface area (Å²) < 4.78 is 12.0. The summed E-state index contributed by atoms with van der Waals surface area (Å²) in [6, 6.07) is 11.6. The molecule has 0 spiro atoms. The van der Waals surface area contributed by atoms with Gasteiger partial charge in [0.2, 0.25) is 5.91 Å². The number of benzene rings is 2. The van der Waals surface area contributed by atoms with E-state index in [4.69, 9.17) is 21.1 Å². The zero-order valence-corrected chi connectivity index (χ0v) is 26.1. The number of carbonyl (C=O) groups is 1. The van der Waals surface area contributed by atoms with Gasteiger partial charge in [0.1, 0.15) is 24.0 Å². The second-order valence-electron chi connectivity index (χ2n) is 11.5. The van der Waals surface area contributed by atoms with Gasteiger partial charge in [0.15, 0.2) is 0 Å². The first kappa shape index (κ1) is 31.6. The molecule has 9 nitrogen and oxygen atoms in total. The number of hydrogen-bond donors (Lipinski definition) is 2. The van der Waals surface area contributed by atoms with Crippen LogP contribution in [0.1, 0.15) is 51.1 Å². The Labute approximate surface area is 254 Å². The Bertz CT molecular complexity index is 1300. The predicted octanol–water partition coefficient (Wildman–Crippen LogP) is 6.14. The molecule has 4 rings (SSSR count). The molecule has 2 aliphatic rings. The van der Waals surface area contributed by atoms with Gasteiger partial charge in [0.05, 0.1) is 35.1 Å². The molecule has 4 atom stereocenters. The summed E-state index contributed by atoms with van der Waals surface area (Å²) in [6.45, 7) is 7.09. The normalized spacial score (nSPS) is 21.9. The van der Waals surface area contributed by atoms with Crippen molar-refractivity contribution < 1.29 is 14.3 Å². The summed E-state index contributed by atoms with van der Waals surface area (Å²) in [6.07, 6.45) is 5.21. The Morgan fingerprint density at radius 2 is 2.05 bits per heavy atom. The third-order valence-electron chi connectivity index (χ3n) is 7.99. The number of anilines is 2. The van der Waals surface area contributed by atoms with Crippen molar-refractivity contribution in [2.45, 2.75) is 51.6 Å². The van der Waals surface area contributed by atoms with Gasteiger partial charge in [0.25, 0.3) is 0 Å². The van der Waals surface area contributed by atoms with Gasteiger partial charge in [-0.25, -0.2) is 0 Å². The Hall–Kier alpha value is -3.32. The average Bonchev–Trinajstić information content (AvgIpc) is 2.94. The van der Waals surface area contributed by atoms with Gasteiger partial charge < -0.3 is 25.0 Å². The lowest BCUT2D eigenvalue weighted by Gasteiger charge is -2.37. The predicted molar refractivity (Wildman–Crippen MR) is 169 cm³/mol. The zero-order valence-electron chi connectivity index (χ0n) is 25.3. The molecular weight excluding hydrogens is 552 g/mol. The van der Waals surface area contributed by atoms with Crippen LogP contribution in [0.4, 0.5) is 17.1 Å². The number of likely N-dealkylation sites (N-methyl/N-ethyl adjacent to an activating group) is 1. The molecule has 2 aliphatic heterocycles. The monoisotopic (exact) mass is 594 g/mol. The number of ether oxygens (including phenoxy) is 2. The fourth-order valence-corrected chi connectivity index (χ4v) is 5.85. The van der Waals surface area contributed by atoms with Gasteiger partial charge in [-0.15, -0.1) is 0 Å². The molecule has 226 valence electrons. The average molecular weight is 595 g/mol. The van der Waals surface area contributed by atoms with Crippen LogP contribution in [0, 0.1) is 23.2 Å². The van der Waals surface area contributed by atoms with Gasteiger partial charge >= 0.3 is 0 Å². The van der Waals surface area contributed by atoms with E-state index in [2.05, 4.69) is 45.5 Å². The van der Waals surface area contributed by atoms with E-state index < -0.39 is 12.0 Å². The van der Waals surface area contributed by atoms with Crippen molar-refractivity contribution in [1.82, 2.24) is 9.80 Å². The zero-order chi connectivity index (χ0) is 30.2. The van der Waals surface area contributed by atoms with E-state index in [1.807, 2.05) is 51.4 Å². The largest absolute Gasteiger partial charge is 0.492 e. The van der Waals surface area contributed by atoms with Crippen molar-refractivity contribution in [3.8, 4) is 17.6 Å². The molecule has 42 heavy (non-hydrogen) atoms. The van der Waals surface area contributed by atoms with Crippen LogP contribution in [0.5, 0.6) is 11.5 Å². The van der Waals surface area contributed by atoms with Crippen molar-refractivity contribution in [3.63, 3.8) is 0 Å². The van der Waals surface area contributed by atoms with E-state index in [1.54, 1.807) is 6.21 Å². The highest BCUT2D eigenvalue weighted by Crippen LogP contribution is 2.43. The lowest BCUT2D eigenvalue weighted by molar-refractivity contribution is -0.116. The minimum Gasteiger partial charge on any atom is -0.492 e. The van der Waals surface area contributed by atoms with E-state index >= 15 is 0 Å². The Morgan fingerprint density at radius 3 is 2.74 bits per heavy atom. The summed E-state index contributed by atoms with van der Waals surface area (Å²) in [5.41, 5.74) is 2.80. The Kier molecular flexibility index (Phi) is 11.1. The van der Waals surface area contributed by atoms with Crippen LogP contribution in [-0.4, -0.2) is 75.4 Å². The summed E-state index contributed by atoms with van der Waals surface area (Å²) in [5.74, 6) is 1.13. The lowest BCUT2D eigenvalue weighted by atomic mass is 9.90. The number of halogens is 1. The molecule has 1 amide bonds. The van der Waals surface area contributed by atoms with Gasteiger partial charge in [-0.1, -0.05) is 18.5 Å². The third kappa shape index (κ3) is 7.94. The molecule has 1 fully saturated rings. The molecule has 2 aromatic carbocycles. The number of nitriles is 1. The molecule has 0 aromatic heterocycles. The molecule has 2 heterocycles. The van der Waals surface area contributed by atoms with Crippen LogP contribution >= 0.6 is 11.6 Å². The first-order chi connectivity index (χ1) is 20.2. The number of fused-ring (bicyclic) bond motifs is 1. The van der Waals surface area contributed by atoms with Crippen molar-refractivity contribution >= 4 is 40.8 Å². The highest BCUT2D eigenvalue weighted by molar-refractivity contribution is 6.32. The Morgan fingerprint density at radius 1 is 1.24 bits per heavy atom. The quantitative estimate of drug-likeness (QED) is 0.304. The Balaban J connectivity index is 1.53. The van der Waals surface area contributed by atoms with E-state index in [0.717, 1.165) is 30.8 Å². The van der Waals surface area contributed by atoms with Crippen LogP contribution in [-0.2, 0) is 4.79 Å². The minimum atomic E-state index is -0.530. The smallest absolute Gasteiger partial charge is 0.224 e. The first-order valence-corrected chi connectivity index (χ1v) is 15.2. The fourth-order valence-electron chi connectivity index (χ4n) is 5.61. The van der Waals surface area contributed by atoms with Crippen LogP contribution in [0.25, 0.3) is 0 Å².